The summed E-state index contributed by atoms with van der Waals surface area (Å²) in [7, 11) is 0. The van der Waals surface area contributed by atoms with Crippen molar-refractivity contribution < 1.29 is 14.7 Å². The van der Waals surface area contributed by atoms with Crippen LogP contribution in [0.5, 0.6) is 0 Å². The molecular formula is C5H8N2O3. The number of hydrogen-bond donors (Lipinski definition) is 3. The fourth-order valence-corrected chi connectivity index (χ4v) is 0.683. The van der Waals surface area contributed by atoms with Crippen molar-refractivity contribution in [2.75, 3.05) is 0 Å². The highest BCUT2D eigenvalue weighted by molar-refractivity contribution is 5.95. The van der Waals surface area contributed by atoms with E-state index in [-0.39, 0.29) is 5.91 Å². The first kappa shape index (κ1) is 7.01. The summed E-state index contributed by atoms with van der Waals surface area (Å²) < 4.78 is 0. The van der Waals surface area contributed by atoms with Gasteiger partial charge in [0.1, 0.15) is 6.04 Å². The van der Waals surface area contributed by atoms with Crippen LogP contribution in [-0.2, 0) is 9.59 Å². The predicted octanol–water partition coefficient (Wildman–Crippen LogP) is -2.06. The highest BCUT2D eigenvalue weighted by Crippen LogP contribution is 1.92. The van der Waals surface area contributed by atoms with Gasteiger partial charge in [0, 0.05) is 0 Å². The summed E-state index contributed by atoms with van der Waals surface area (Å²) in [4.78, 5) is 21.2. The molecule has 3 N–H and O–H groups in total. The van der Waals surface area contributed by atoms with Gasteiger partial charge in [-0.25, -0.2) is 0 Å². The van der Waals surface area contributed by atoms with Crippen molar-refractivity contribution in [2.24, 2.45) is 0 Å². The van der Waals surface area contributed by atoms with E-state index < -0.39 is 18.2 Å². The second-order valence-corrected chi connectivity index (χ2v) is 2.14. The van der Waals surface area contributed by atoms with Crippen LogP contribution in [0.15, 0.2) is 0 Å². The summed E-state index contributed by atoms with van der Waals surface area (Å²) in [5, 5.41) is 13.1. The third-order valence-corrected chi connectivity index (χ3v) is 1.28. The minimum absolute atomic E-state index is 0.368. The molecule has 5 nitrogen and oxygen atoms in total. The quantitative estimate of drug-likeness (QED) is 0.366. The van der Waals surface area contributed by atoms with Gasteiger partial charge in [-0.3, -0.25) is 9.59 Å². The average molecular weight is 144 g/mol. The van der Waals surface area contributed by atoms with Gasteiger partial charge in [0.2, 0.25) is 12.1 Å². The molecule has 0 aromatic carbocycles. The van der Waals surface area contributed by atoms with Gasteiger partial charge in [-0.1, -0.05) is 0 Å². The maximum absolute atomic E-state index is 10.7. The van der Waals surface area contributed by atoms with Crippen molar-refractivity contribution in [1.82, 2.24) is 10.6 Å². The predicted molar refractivity (Wildman–Crippen MR) is 31.8 cm³/mol. The van der Waals surface area contributed by atoms with Gasteiger partial charge >= 0.3 is 0 Å². The summed E-state index contributed by atoms with van der Waals surface area (Å²) in [6, 6.07) is -0.545. The number of carbonyl (C=O) groups excluding carboxylic acids is 2. The normalized spacial score (nSPS) is 33.0. The molecule has 2 atom stereocenters. The molecule has 0 spiro atoms. The Hall–Kier alpha value is -1.10. The average Bonchev–Trinajstić information content (AvgIpc) is 1.84. The summed E-state index contributed by atoms with van der Waals surface area (Å²) in [5.41, 5.74) is 0. The molecule has 56 valence electrons. The minimum Gasteiger partial charge on any atom is -0.365 e. The number of aliphatic hydroxyl groups is 1. The SMILES string of the molecule is CC1NC(=O)C(O)NC1=O. The van der Waals surface area contributed by atoms with E-state index in [0.29, 0.717) is 0 Å². The number of rotatable bonds is 0. The summed E-state index contributed by atoms with van der Waals surface area (Å²) in [6.07, 6.45) is -1.39. The van der Waals surface area contributed by atoms with Crippen molar-refractivity contribution >= 4 is 11.8 Å². The fraction of sp³-hybridized carbons (Fsp3) is 0.600. The maximum Gasteiger partial charge on any atom is 0.270 e. The van der Waals surface area contributed by atoms with Gasteiger partial charge in [-0.15, -0.1) is 0 Å². The number of carbonyl (C=O) groups is 2. The largest absolute Gasteiger partial charge is 0.365 e. The number of amides is 2. The topological polar surface area (TPSA) is 78.4 Å². The van der Waals surface area contributed by atoms with Crippen molar-refractivity contribution in [3.63, 3.8) is 0 Å². The zero-order chi connectivity index (χ0) is 7.72. The Balaban J connectivity index is 2.63. The van der Waals surface area contributed by atoms with E-state index >= 15 is 0 Å². The van der Waals surface area contributed by atoms with Crippen molar-refractivity contribution in [3.05, 3.63) is 0 Å². The van der Waals surface area contributed by atoms with Gasteiger partial charge in [0.05, 0.1) is 0 Å². The summed E-state index contributed by atoms with van der Waals surface area (Å²) in [6.45, 7) is 1.54. The summed E-state index contributed by atoms with van der Waals surface area (Å²) >= 11 is 0. The lowest BCUT2D eigenvalue weighted by Crippen LogP contribution is -2.60. The lowest BCUT2D eigenvalue weighted by Gasteiger charge is -2.23. The van der Waals surface area contributed by atoms with Crippen LogP contribution in [0.3, 0.4) is 0 Å². The third-order valence-electron chi connectivity index (χ3n) is 1.28. The molecule has 10 heavy (non-hydrogen) atoms. The molecule has 2 amide bonds. The number of aliphatic hydroxyl groups excluding tert-OH is 1. The van der Waals surface area contributed by atoms with Crippen LogP contribution in [0.2, 0.25) is 0 Å². The van der Waals surface area contributed by atoms with Crippen LogP contribution >= 0.6 is 0 Å². The number of nitrogens with one attached hydrogen (secondary N) is 2. The molecule has 0 aliphatic carbocycles. The van der Waals surface area contributed by atoms with Crippen molar-refractivity contribution in [2.45, 2.75) is 19.2 Å². The molecule has 1 fully saturated rings. The molecule has 0 saturated carbocycles. The minimum atomic E-state index is -1.39. The Kier molecular flexibility index (Phi) is 1.58. The van der Waals surface area contributed by atoms with Crippen LogP contribution in [0.1, 0.15) is 6.92 Å². The van der Waals surface area contributed by atoms with Gasteiger partial charge in [0.15, 0.2) is 0 Å². The van der Waals surface area contributed by atoms with E-state index in [0.717, 1.165) is 0 Å². The maximum atomic E-state index is 10.7. The Bertz CT molecular complexity index is 160. The van der Waals surface area contributed by atoms with E-state index in [9.17, 15) is 9.59 Å². The number of hydrogen-bond acceptors (Lipinski definition) is 3. The van der Waals surface area contributed by atoms with E-state index in [4.69, 9.17) is 5.11 Å². The van der Waals surface area contributed by atoms with Crippen molar-refractivity contribution in [3.8, 4) is 0 Å². The molecule has 0 aromatic heterocycles. The Morgan fingerprint density at radius 2 is 1.90 bits per heavy atom. The monoisotopic (exact) mass is 144 g/mol. The molecule has 1 rings (SSSR count). The smallest absolute Gasteiger partial charge is 0.270 e. The van der Waals surface area contributed by atoms with Gasteiger partial charge in [0.25, 0.3) is 5.91 Å². The zero-order valence-electron chi connectivity index (χ0n) is 5.42. The Morgan fingerprint density at radius 3 is 2.40 bits per heavy atom. The lowest BCUT2D eigenvalue weighted by molar-refractivity contribution is -0.144. The van der Waals surface area contributed by atoms with Crippen LogP contribution in [0.4, 0.5) is 0 Å². The van der Waals surface area contributed by atoms with Crippen LogP contribution in [0.25, 0.3) is 0 Å². The highest BCUT2D eigenvalue weighted by atomic mass is 16.3. The number of piperazine rings is 1. The molecule has 0 aromatic rings. The zero-order valence-corrected chi connectivity index (χ0v) is 5.42. The first-order chi connectivity index (χ1) is 4.61. The van der Waals surface area contributed by atoms with Crippen LogP contribution < -0.4 is 10.6 Å². The molecule has 0 bridgehead atoms. The van der Waals surface area contributed by atoms with E-state index in [1.165, 1.54) is 0 Å². The van der Waals surface area contributed by atoms with Crippen molar-refractivity contribution in [1.29, 1.82) is 0 Å². The Labute approximate surface area is 57.4 Å². The molecular weight excluding hydrogens is 136 g/mol. The van der Waals surface area contributed by atoms with E-state index in [2.05, 4.69) is 10.6 Å². The van der Waals surface area contributed by atoms with Gasteiger partial charge in [-0.2, -0.15) is 0 Å². The standard InChI is InChI=1S/C5H8N2O3/c1-2-3(8)7-5(10)4(9)6-2/h2,5,10H,1H3,(H,6,9)(H,7,8). The molecule has 0 radical (unpaired) electrons. The second-order valence-electron chi connectivity index (χ2n) is 2.14. The molecule has 1 saturated heterocycles. The van der Waals surface area contributed by atoms with E-state index in [1.807, 2.05) is 0 Å². The third kappa shape index (κ3) is 1.08. The molecule has 1 aliphatic rings. The lowest BCUT2D eigenvalue weighted by atomic mass is 10.2. The molecule has 2 unspecified atom stereocenters. The van der Waals surface area contributed by atoms with Crippen LogP contribution in [-0.4, -0.2) is 29.2 Å². The molecule has 1 heterocycles. The first-order valence-corrected chi connectivity index (χ1v) is 2.90. The first-order valence-electron chi connectivity index (χ1n) is 2.90. The van der Waals surface area contributed by atoms with Crippen LogP contribution in [0, 0.1) is 0 Å². The molecule has 1 aliphatic heterocycles. The van der Waals surface area contributed by atoms with Gasteiger partial charge in [-0.05, 0) is 6.92 Å². The molecule has 5 heteroatoms. The Morgan fingerprint density at radius 1 is 1.30 bits per heavy atom. The van der Waals surface area contributed by atoms with E-state index in [1.54, 1.807) is 6.92 Å². The highest BCUT2D eigenvalue weighted by Gasteiger charge is 2.28. The summed E-state index contributed by atoms with van der Waals surface area (Å²) in [5.74, 6) is -0.931. The second kappa shape index (κ2) is 2.26. The van der Waals surface area contributed by atoms with Gasteiger partial charge < -0.3 is 15.7 Å². The fourth-order valence-electron chi connectivity index (χ4n) is 0.683.